The molecule has 0 saturated heterocycles. The molecule has 1 rings (SSSR count). The molecule has 0 saturated carbocycles. The minimum absolute atomic E-state index is 0.109. The van der Waals surface area contributed by atoms with Crippen LogP contribution >= 0.6 is 0 Å². The summed E-state index contributed by atoms with van der Waals surface area (Å²) >= 11 is 0. The summed E-state index contributed by atoms with van der Waals surface area (Å²) in [5.41, 5.74) is 0.688. The Hall–Kier alpha value is -1.45. The molecule has 1 heterocycles. The van der Waals surface area contributed by atoms with Crippen molar-refractivity contribution in [2.75, 3.05) is 6.61 Å². The van der Waals surface area contributed by atoms with Crippen molar-refractivity contribution in [3.63, 3.8) is 0 Å². The SMILES string of the molecule is CCOc1cncc(C(C(C)=O)C(C)C)n1. The van der Waals surface area contributed by atoms with E-state index in [1.165, 1.54) is 0 Å². The first kappa shape index (κ1) is 12.6. The number of Topliss-reactive ketones (excluding diaryl/α,β-unsaturated/α-hetero) is 1. The van der Waals surface area contributed by atoms with Crippen molar-refractivity contribution in [3.05, 3.63) is 18.1 Å². The Labute approximate surface area is 96.1 Å². The Kier molecular flexibility index (Phi) is 4.40. The average Bonchev–Trinajstić information content (AvgIpc) is 2.17. The molecule has 0 bridgehead atoms. The van der Waals surface area contributed by atoms with Gasteiger partial charge in [-0.2, -0.15) is 0 Å². The van der Waals surface area contributed by atoms with E-state index in [1.807, 2.05) is 20.8 Å². The molecule has 0 aliphatic carbocycles. The number of hydrogen-bond acceptors (Lipinski definition) is 4. The van der Waals surface area contributed by atoms with Crippen LogP contribution in [0.5, 0.6) is 5.88 Å². The molecule has 1 atom stereocenters. The lowest BCUT2D eigenvalue weighted by Crippen LogP contribution is -2.17. The predicted molar refractivity (Wildman–Crippen MR) is 61.5 cm³/mol. The smallest absolute Gasteiger partial charge is 0.232 e. The van der Waals surface area contributed by atoms with Crippen molar-refractivity contribution in [2.24, 2.45) is 5.92 Å². The van der Waals surface area contributed by atoms with Crippen LogP contribution in [0.25, 0.3) is 0 Å². The fourth-order valence-corrected chi connectivity index (χ4v) is 1.75. The third-order valence-electron chi connectivity index (χ3n) is 2.35. The van der Waals surface area contributed by atoms with Gasteiger partial charge in [0.15, 0.2) is 0 Å². The fourth-order valence-electron chi connectivity index (χ4n) is 1.75. The van der Waals surface area contributed by atoms with E-state index in [2.05, 4.69) is 9.97 Å². The lowest BCUT2D eigenvalue weighted by molar-refractivity contribution is -0.119. The molecular formula is C12H18N2O2. The first-order valence-corrected chi connectivity index (χ1v) is 5.51. The van der Waals surface area contributed by atoms with Crippen LogP contribution in [-0.4, -0.2) is 22.4 Å². The van der Waals surface area contributed by atoms with Gasteiger partial charge in [-0.1, -0.05) is 13.8 Å². The van der Waals surface area contributed by atoms with Crippen LogP contribution < -0.4 is 4.74 Å². The second-order valence-electron chi connectivity index (χ2n) is 4.05. The molecule has 0 aliphatic heterocycles. The van der Waals surface area contributed by atoms with E-state index in [0.717, 1.165) is 0 Å². The van der Waals surface area contributed by atoms with E-state index in [4.69, 9.17) is 4.74 Å². The molecule has 0 N–H and O–H groups in total. The fraction of sp³-hybridized carbons (Fsp3) is 0.583. The van der Waals surface area contributed by atoms with Gasteiger partial charge >= 0.3 is 0 Å². The average molecular weight is 222 g/mol. The van der Waals surface area contributed by atoms with Crippen molar-refractivity contribution in [1.82, 2.24) is 9.97 Å². The summed E-state index contributed by atoms with van der Waals surface area (Å²) in [6.07, 6.45) is 3.19. The van der Waals surface area contributed by atoms with E-state index in [-0.39, 0.29) is 17.6 Å². The molecule has 1 aromatic heterocycles. The highest BCUT2D eigenvalue weighted by atomic mass is 16.5. The zero-order chi connectivity index (χ0) is 12.1. The minimum atomic E-state index is -0.201. The van der Waals surface area contributed by atoms with Gasteiger partial charge in [0.2, 0.25) is 5.88 Å². The van der Waals surface area contributed by atoms with Crippen molar-refractivity contribution >= 4 is 5.78 Å². The molecule has 0 amide bonds. The van der Waals surface area contributed by atoms with Crippen molar-refractivity contribution < 1.29 is 9.53 Å². The number of rotatable bonds is 5. The highest BCUT2D eigenvalue weighted by Crippen LogP contribution is 2.24. The number of carbonyl (C=O) groups excluding carboxylic acids is 1. The van der Waals surface area contributed by atoms with Gasteiger partial charge in [0.05, 0.1) is 24.4 Å². The standard InChI is InChI=1S/C12H18N2O2/c1-5-16-11-7-13-6-10(14-11)12(8(2)3)9(4)15/h6-8,12H,5H2,1-4H3. The molecule has 16 heavy (non-hydrogen) atoms. The second-order valence-corrected chi connectivity index (χ2v) is 4.05. The molecule has 4 nitrogen and oxygen atoms in total. The number of hydrogen-bond donors (Lipinski definition) is 0. The van der Waals surface area contributed by atoms with Crippen LogP contribution in [0.15, 0.2) is 12.4 Å². The number of carbonyl (C=O) groups is 1. The van der Waals surface area contributed by atoms with Gasteiger partial charge in [0.1, 0.15) is 5.78 Å². The van der Waals surface area contributed by atoms with E-state index in [0.29, 0.717) is 18.2 Å². The lowest BCUT2D eigenvalue weighted by atomic mass is 9.89. The molecule has 0 radical (unpaired) electrons. The van der Waals surface area contributed by atoms with Gasteiger partial charge in [-0.25, -0.2) is 4.98 Å². The number of ether oxygens (including phenoxy) is 1. The zero-order valence-electron chi connectivity index (χ0n) is 10.2. The van der Waals surface area contributed by atoms with Crippen LogP contribution in [0.3, 0.4) is 0 Å². The molecular weight excluding hydrogens is 204 g/mol. The van der Waals surface area contributed by atoms with Crippen LogP contribution in [0.4, 0.5) is 0 Å². The van der Waals surface area contributed by atoms with Gasteiger partial charge < -0.3 is 4.74 Å². The van der Waals surface area contributed by atoms with E-state index >= 15 is 0 Å². The van der Waals surface area contributed by atoms with Crippen LogP contribution in [-0.2, 0) is 4.79 Å². The maximum atomic E-state index is 11.5. The van der Waals surface area contributed by atoms with Crippen molar-refractivity contribution in [3.8, 4) is 5.88 Å². The van der Waals surface area contributed by atoms with Gasteiger partial charge in [0.25, 0.3) is 0 Å². The number of nitrogens with zero attached hydrogens (tertiary/aromatic N) is 2. The number of aromatic nitrogens is 2. The minimum Gasteiger partial charge on any atom is -0.477 e. The summed E-state index contributed by atoms with van der Waals surface area (Å²) in [5.74, 6) is 0.599. The lowest BCUT2D eigenvalue weighted by Gasteiger charge is -2.17. The molecule has 4 heteroatoms. The van der Waals surface area contributed by atoms with Crippen molar-refractivity contribution in [1.29, 1.82) is 0 Å². The van der Waals surface area contributed by atoms with Gasteiger partial charge in [-0.05, 0) is 19.8 Å². The summed E-state index contributed by atoms with van der Waals surface area (Å²) in [6.45, 7) is 8.02. The summed E-state index contributed by atoms with van der Waals surface area (Å²) in [7, 11) is 0. The van der Waals surface area contributed by atoms with Crippen LogP contribution in [0.2, 0.25) is 0 Å². The highest BCUT2D eigenvalue weighted by Gasteiger charge is 2.22. The normalized spacial score (nSPS) is 12.6. The Morgan fingerprint density at radius 3 is 2.62 bits per heavy atom. The van der Waals surface area contributed by atoms with E-state index in [9.17, 15) is 4.79 Å². The molecule has 0 aromatic carbocycles. The van der Waals surface area contributed by atoms with Gasteiger partial charge in [0, 0.05) is 6.20 Å². The molecule has 1 aromatic rings. The Morgan fingerprint density at radius 1 is 1.44 bits per heavy atom. The third-order valence-corrected chi connectivity index (χ3v) is 2.35. The Balaban J connectivity index is 3.00. The van der Waals surface area contributed by atoms with Gasteiger partial charge in [-0.15, -0.1) is 0 Å². The first-order chi connectivity index (χ1) is 7.56. The van der Waals surface area contributed by atoms with Crippen molar-refractivity contribution in [2.45, 2.75) is 33.6 Å². The Morgan fingerprint density at radius 2 is 2.12 bits per heavy atom. The summed E-state index contributed by atoms with van der Waals surface area (Å²) < 4.78 is 5.27. The topological polar surface area (TPSA) is 52.1 Å². The monoisotopic (exact) mass is 222 g/mol. The Bertz CT molecular complexity index is 364. The predicted octanol–water partition coefficient (Wildman–Crippen LogP) is 2.20. The second kappa shape index (κ2) is 5.58. The quantitative estimate of drug-likeness (QED) is 0.766. The van der Waals surface area contributed by atoms with Crippen LogP contribution in [0, 0.1) is 5.92 Å². The summed E-state index contributed by atoms with van der Waals surface area (Å²) in [4.78, 5) is 19.9. The molecule has 1 unspecified atom stereocenters. The molecule has 0 spiro atoms. The van der Waals surface area contributed by atoms with Gasteiger partial charge in [-0.3, -0.25) is 9.78 Å². The molecule has 0 aliphatic rings. The third kappa shape index (κ3) is 3.02. The largest absolute Gasteiger partial charge is 0.477 e. The highest BCUT2D eigenvalue weighted by molar-refractivity contribution is 5.83. The first-order valence-electron chi connectivity index (χ1n) is 5.51. The van der Waals surface area contributed by atoms with Crippen LogP contribution in [0.1, 0.15) is 39.3 Å². The molecule has 0 fully saturated rings. The number of ketones is 1. The van der Waals surface area contributed by atoms with E-state index < -0.39 is 0 Å². The maximum absolute atomic E-state index is 11.5. The molecule has 88 valence electrons. The summed E-state index contributed by atoms with van der Waals surface area (Å²) in [5, 5.41) is 0. The van der Waals surface area contributed by atoms with E-state index in [1.54, 1.807) is 19.3 Å². The zero-order valence-corrected chi connectivity index (χ0v) is 10.2. The summed E-state index contributed by atoms with van der Waals surface area (Å²) in [6, 6.07) is 0. The maximum Gasteiger partial charge on any atom is 0.232 e.